The number of nitrogens with zero attached hydrogens (tertiary/aromatic N) is 2. The highest BCUT2D eigenvalue weighted by molar-refractivity contribution is 7.90. The fraction of sp³-hybridized carbons (Fsp3) is 0.200. The summed E-state index contributed by atoms with van der Waals surface area (Å²) in [4.78, 5) is 17.6. The summed E-state index contributed by atoms with van der Waals surface area (Å²) >= 11 is 1.43. The third kappa shape index (κ3) is 3.94. The van der Waals surface area contributed by atoms with Crippen molar-refractivity contribution in [1.29, 1.82) is 0 Å². The average Bonchev–Trinajstić information content (AvgIpc) is 2.91. The highest BCUT2D eigenvalue weighted by Crippen LogP contribution is 2.22. The first-order chi connectivity index (χ1) is 12.7. The van der Waals surface area contributed by atoms with E-state index in [9.17, 15) is 13.2 Å². The molecule has 3 aromatic rings. The van der Waals surface area contributed by atoms with Crippen molar-refractivity contribution >= 4 is 37.3 Å². The van der Waals surface area contributed by atoms with E-state index < -0.39 is 15.7 Å². The SMILES string of the molecule is C=CCn1c(=NC(=O)c2cccc(S(C)(=O)=O)c2)sc2cc(C)c(C)cc21. The summed E-state index contributed by atoms with van der Waals surface area (Å²) < 4.78 is 26.4. The van der Waals surface area contributed by atoms with Gasteiger partial charge in [0.25, 0.3) is 5.91 Å². The van der Waals surface area contributed by atoms with Crippen LogP contribution in [0.25, 0.3) is 10.2 Å². The van der Waals surface area contributed by atoms with Gasteiger partial charge in [0.15, 0.2) is 14.6 Å². The number of carbonyl (C=O) groups is 1. The number of hydrogen-bond acceptors (Lipinski definition) is 4. The second kappa shape index (κ2) is 7.25. The van der Waals surface area contributed by atoms with Crippen LogP contribution >= 0.6 is 11.3 Å². The fourth-order valence-corrected chi connectivity index (χ4v) is 4.51. The molecule has 0 fully saturated rings. The Morgan fingerprint density at radius 1 is 1.22 bits per heavy atom. The van der Waals surface area contributed by atoms with Crippen molar-refractivity contribution in [3.8, 4) is 0 Å². The van der Waals surface area contributed by atoms with Crippen molar-refractivity contribution in [2.75, 3.05) is 6.26 Å². The maximum Gasteiger partial charge on any atom is 0.279 e. The summed E-state index contributed by atoms with van der Waals surface area (Å²) in [5, 5.41) is 0. The normalized spacial score (nSPS) is 12.5. The molecule has 0 atom stereocenters. The van der Waals surface area contributed by atoms with E-state index in [2.05, 4.69) is 23.7 Å². The number of amides is 1. The number of benzene rings is 2. The van der Waals surface area contributed by atoms with Crippen molar-refractivity contribution in [3.63, 3.8) is 0 Å². The van der Waals surface area contributed by atoms with Crippen LogP contribution in [-0.2, 0) is 16.4 Å². The molecule has 0 aliphatic heterocycles. The summed E-state index contributed by atoms with van der Waals surface area (Å²) in [6.45, 7) is 8.41. The Morgan fingerprint density at radius 3 is 2.59 bits per heavy atom. The van der Waals surface area contributed by atoms with Gasteiger partial charge in [-0.25, -0.2) is 8.42 Å². The Kier molecular flexibility index (Phi) is 5.17. The molecule has 140 valence electrons. The molecule has 0 aliphatic carbocycles. The average molecular weight is 401 g/mol. The lowest BCUT2D eigenvalue weighted by molar-refractivity contribution is 0.0997. The zero-order chi connectivity index (χ0) is 19.8. The molecule has 27 heavy (non-hydrogen) atoms. The van der Waals surface area contributed by atoms with Gasteiger partial charge in [-0.1, -0.05) is 23.5 Å². The second-order valence-corrected chi connectivity index (χ2v) is 9.43. The maximum absolute atomic E-state index is 12.7. The van der Waals surface area contributed by atoms with Gasteiger partial charge < -0.3 is 4.57 Å². The van der Waals surface area contributed by atoms with E-state index >= 15 is 0 Å². The van der Waals surface area contributed by atoms with Gasteiger partial charge in [-0.3, -0.25) is 4.79 Å². The van der Waals surface area contributed by atoms with Gasteiger partial charge in [-0.2, -0.15) is 4.99 Å². The van der Waals surface area contributed by atoms with Crippen LogP contribution in [0.15, 0.2) is 58.9 Å². The third-order valence-corrected chi connectivity index (χ3v) is 6.47. The first kappa shape index (κ1) is 19.3. The van der Waals surface area contributed by atoms with Gasteiger partial charge in [0.05, 0.1) is 15.1 Å². The van der Waals surface area contributed by atoms with E-state index in [1.807, 2.05) is 18.4 Å². The molecule has 5 nitrogen and oxygen atoms in total. The van der Waals surface area contributed by atoms with Crippen LogP contribution in [0.3, 0.4) is 0 Å². The molecule has 0 N–H and O–H groups in total. The zero-order valence-electron chi connectivity index (χ0n) is 15.4. The molecule has 0 saturated heterocycles. The number of fused-ring (bicyclic) bond motifs is 1. The first-order valence-electron chi connectivity index (χ1n) is 8.31. The van der Waals surface area contributed by atoms with Crippen LogP contribution < -0.4 is 4.80 Å². The van der Waals surface area contributed by atoms with Crippen molar-refractivity contribution in [1.82, 2.24) is 4.57 Å². The van der Waals surface area contributed by atoms with Gasteiger partial charge in [-0.15, -0.1) is 6.58 Å². The van der Waals surface area contributed by atoms with Gasteiger partial charge in [0.2, 0.25) is 0 Å². The predicted molar refractivity (Wildman–Crippen MR) is 109 cm³/mol. The number of rotatable bonds is 4. The summed E-state index contributed by atoms with van der Waals surface area (Å²) in [5.74, 6) is -0.474. The standard InChI is InChI=1S/C20H20N2O3S2/c1-5-9-22-17-10-13(2)14(3)11-18(17)26-20(22)21-19(23)15-7-6-8-16(12-15)27(4,24)25/h5-8,10-12H,1,9H2,2-4H3. The Hall–Kier alpha value is -2.51. The molecule has 2 aromatic carbocycles. The van der Waals surface area contributed by atoms with Crippen molar-refractivity contribution < 1.29 is 13.2 Å². The van der Waals surface area contributed by atoms with Crippen LogP contribution in [0, 0.1) is 13.8 Å². The van der Waals surface area contributed by atoms with Crippen LogP contribution in [0.2, 0.25) is 0 Å². The molecular formula is C20H20N2O3S2. The molecule has 0 unspecified atom stereocenters. The number of carbonyl (C=O) groups excluding carboxylic acids is 1. The molecule has 7 heteroatoms. The summed E-state index contributed by atoms with van der Waals surface area (Å²) in [7, 11) is -3.39. The Labute approximate surface area is 162 Å². The van der Waals surface area contributed by atoms with Gasteiger partial charge in [0, 0.05) is 18.4 Å². The van der Waals surface area contributed by atoms with Crippen LogP contribution in [0.4, 0.5) is 0 Å². The molecule has 0 saturated carbocycles. The van der Waals surface area contributed by atoms with E-state index in [1.165, 1.54) is 29.0 Å². The van der Waals surface area contributed by atoms with Crippen molar-refractivity contribution in [2.24, 2.45) is 4.99 Å². The molecular weight excluding hydrogens is 380 g/mol. The molecule has 1 heterocycles. The van der Waals surface area contributed by atoms with Gasteiger partial charge in [0.1, 0.15) is 0 Å². The number of hydrogen-bond donors (Lipinski definition) is 0. The van der Waals surface area contributed by atoms with Crippen molar-refractivity contribution in [3.05, 3.63) is 70.5 Å². The van der Waals surface area contributed by atoms with Crippen LogP contribution in [0.1, 0.15) is 21.5 Å². The summed E-state index contributed by atoms with van der Waals surface area (Å²) in [6.07, 6.45) is 2.87. The molecule has 0 spiro atoms. The van der Waals surface area contributed by atoms with Crippen molar-refractivity contribution in [2.45, 2.75) is 25.3 Å². The van der Waals surface area contributed by atoms with Crippen LogP contribution in [0.5, 0.6) is 0 Å². The first-order valence-corrected chi connectivity index (χ1v) is 11.0. The zero-order valence-corrected chi connectivity index (χ0v) is 17.0. The summed E-state index contributed by atoms with van der Waals surface area (Å²) in [5.41, 5.74) is 3.58. The topological polar surface area (TPSA) is 68.5 Å². The second-order valence-electron chi connectivity index (χ2n) is 6.41. The number of aromatic nitrogens is 1. The third-order valence-electron chi connectivity index (χ3n) is 4.32. The van der Waals surface area contributed by atoms with Crippen LogP contribution in [-0.4, -0.2) is 25.1 Å². The van der Waals surface area contributed by atoms with Gasteiger partial charge >= 0.3 is 0 Å². The van der Waals surface area contributed by atoms with E-state index in [1.54, 1.807) is 18.2 Å². The number of aryl methyl sites for hydroxylation is 2. The predicted octanol–water partition coefficient (Wildman–Crippen LogP) is 3.65. The fourth-order valence-electron chi connectivity index (χ4n) is 2.72. The number of thiazole rings is 1. The molecule has 1 amide bonds. The largest absolute Gasteiger partial charge is 0.312 e. The smallest absolute Gasteiger partial charge is 0.279 e. The molecule has 0 radical (unpaired) electrons. The molecule has 3 rings (SSSR count). The monoisotopic (exact) mass is 400 g/mol. The molecule has 0 bridgehead atoms. The summed E-state index contributed by atoms with van der Waals surface area (Å²) in [6, 6.07) is 10.1. The Bertz CT molecular complexity index is 1230. The Morgan fingerprint density at radius 2 is 1.93 bits per heavy atom. The minimum Gasteiger partial charge on any atom is -0.312 e. The lowest BCUT2D eigenvalue weighted by Crippen LogP contribution is -2.16. The van der Waals surface area contributed by atoms with E-state index in [0.717, 1.165) is 22.0 Å². The van der Waals surface area contributed by atoms with E-state index in [0.29, 0.717) is 11.3 Å². The van der Waals surface area contributed by atoms with Gasteiger partial charge in [-0.05, 0) is 55.3 Å². The highest BCUT2D eigenvalue weighted by Gasteiger charge is 2.13. The number of allylic oxidation sites excluding steroid dienone is 1. The highest BCUT2D eigenvalue weighted by atomic mass is 32.2. The maximum atomic E-state index is 12.7. The van der Waals surface area contributed by atoms with E-state index in [-0.39, 0.29) is 10.5 Å². The Balaban J connectivity index is 2.16. The van der Waals surface area contributed by atoms with E-state index in [4.69, 9.17) is 0 Å². The molecule has 0 aliphatic rings. The number of sulfone groups is 1. The molecule has 1 aromatic heterocycles. The lowest BCUT2D eigenvalue weighted by Gasteiger charge is -2.04. The minimum atomic E-state index is -3.39. The lowest BCUT2D eigenvalue weighted by atomic mass is 10.1. The minimum absolute atomic E-state index is 0.102. The quantitative estimate of drug-likeness (QED) is 0.628.